The lowest BCUT2D eigenvalue weighted by atomic mass is 9.97. The Labute approximate surface area is 115 Å². The number of carbonyl (C=O) groups is 1. The zero-order valence-corrected chi connectivity index (χ0v) is 10.9. The molecule has 0 radical (unpaired) electrons. The molecular weight excluding hydrogens is 264 g/mol. The van der Waals surface area contributed by atoms with E-state index < -0.39 is 5.97 Å². The van der Waals surface area contributed by atoms with Gasteiger partial charge in [-0.05, 0) is 36.7 Å². The van der Waals surface area contributed by atoms with E-state index in [-0.39, 0.29) is 5.69 Å². The van der Waals surface area contributed by atoms with Gasteiger partial charge in [-0.15, -0.1) is 0 Å². The normalized spacial score (nSPS) is 15.5. The third-order valence-corrected chi connectivity index (χ3v) is 3.59. The third-order valence-electron chi connectivity index (χ3n) is 3.36. The van der Waals surface area contributed by atoms with E-state index in [0.29, 0.717) is 5.02 Å². The summed E-state index contributed by atoms with van der Waals surface area (Å²) in [7, 11) is 0. The number of H-pyrrole nitrogens is 1. The lowest BCUT2D eigenvalue weighted by Gasteiger charge is -2.14. The minimum absolute atomic E-state index is 0.241. The van der Waals surface area contributed by atoms with E-state index in [9.17, 15) is 9.90 Å². The first kappa shape index (κ1) is 12.3. The number of benzene rings is 1. The van der Waals surface area contributed by atoms with Crippen LogP contribution in [0.5, 0.6) is 0 Å². The van der Waals surface area contributed by atoms with Crippen molar-refractivity contribution in [2.75, 3.05) is 13.1 Å². The van der Waals surface area contributed by atoms with Gasteiger partial charge >= 0.3 is 5.97 Å². The van der Waals surface area contributed by atoms with Gasteiger partial charge in [0.25, 0.3) is 0 Å². The van der Waals surface area contributed by atoms with Gasteiger partial charge in [0.1, 0.15) is 5.69 Å². The molecule has 0 amide bonds. The van der Waals surface area contributed by atoms with Gasteiger partial charge in [0.15, 0.2) is 0 Å². The first-order chi connectivity index (χ1) is 9.16. The first-order valence-corrected chi connectivity index (χ1v) is 6.49. The maximum atomic E-state index is 11.4. The monoisotopic (exact) mass is 276 g/mol. The van der Waals surface area contributed by atoms with Gasteiger partial charge in [-0.25, -0.2) is 4.79 Å². The summed E-state index contributed by atoms with van der Waals surface area (Å²) >= 11 is 6.03. The third kappa shape index (κ3) is 2.13. The Morgan fingerprint density at radius 1 is 1.37 bits per heavy atom. The Balaban J connectivity index is 2.29. The second kappa shape index (κ2) is 4.72. The topological polar surface area (TPSA) is 65.1 Å². The number of nitrogens with one attached hydrogen (secondary N) is 2. The fraction of sp³-hybridized carbons (Fsp3) is 0.214. The molecule has 1 aromatic heterocycles. The second-order valence-electron chi connectivity index (χ2n) is 4.55. The van der Waals surface area contributed by atoms with E-state index in [4.69, 9.17) is 11.6 Å². The van der Waals surface area contributed by atoms with E-state index in [0.717, 1.165) is 41.5 Å². The molecule has 0 saturated heterocycles. The molecule has 0 bridgehead atoms. The van der Waals surface area contributed by atoms with Crippen LogP contribution >= 0.6 is 11.6 Å². The number of halogens is 1. The number of carboxylic acid groups (broad SMARTS) is 1. The maximum Gasteiger partial charge on any atom is 0.352 e. The standard InChI is InChI=1S/C14H13ClN2O2/c15-9-1-2-11-10(7-9)12(13(17-11)14(18)19)8-3-5-16-6-4-8/h1-3,7,16-17H,4-6H2,(H,18,19). The molecule has 0 spiro atoms. The molecule has 0 aliphatic carbocycles. The Bertz CT molecular complexity index is 688. The van der Waals surface area contributed by atoms with Gasteiger partial charge in [-0.2, -0.15) is 0 Å². The summed E-state index contributed by atoms with van der Waals surface area (Å²) in [5.41, 5.74) is 2.87. The van der Waals surface area contributed by atoms with Gasteiger partial charge in [0.2, 0.25) is 0 Å². The molecule has 1 aliphatic rings. The van der Waals surface area contributed by atoms with Crippen LogP contribution in [0.25, 0.3) is 16.5 Å². The lowest BCUT2D eigenvalue weighted by Crippen LogP contribution is -2.20. The van der Waals surface area contributed by atoms with Crippen molar-refractivity contribution in [3.63, 3.8) is 0 Å². The molecule has 2 heterocycles. The molecule has 19 heavy (non-hydrogen) atoms. The molecule has 1 aromatic carbocycles. The van der Waals surface area contributed by atoms with Crippen LogP contribution in [-0.2, 0) is 0 Å². The van der Waals surface area contributed by atoms with Crippen LogP contribution < -0.4 is 5.32 Å². The van der Waals surface area contributed by atoms with Crippen molar-refractivity contribution in [3.8, 4) is 0 Å². The van der Waals surface area contributed by atoms with Crippen molar-refractivity contribution >= 4 is 34.0 Å². The second-order valence-corrected chi connectivity index (χ2v) is 4.99. The molecule has 3 N–H and O–H groups in total. The number of hydrogen-bond donors (Lipinski definition) is 3. The zero-order valence-electron chi connectivity index (χ0n) is 10.2. The van der Waals surface area contributed by atoms with E-state index in [2.05, 4.69) is 10.3 Å². The smallest absolute Gasteiger partial charge is 0.352 e. The number of aromatic amines is 1. The average molecular weight is 277 g/mol. The summed E-state index contributed by atoms with van der Waals surface area (Å²) < 4.78 is 0. The molecule has 0 fully saturated rings. The molecular formula is C14H13ClN2O2. The summed E-state index contributed by atoms with van der Waals surface area (Å²) in [4.78, 5) is 14.4. The highest BCUT2D eigenvalue weighted by Crippen LogP contribution is 2.33. The van der Waals surface area contributed by atoms with Gasteiger partial charge < -0.3 is 15.4 Å². The Morgan fingerprint density at radius 2 is 2.21 bits per heavy atom. The fourth-order valence-corrected chi connectivity index (χ4v) is 2.68. The first-order valence-electron chi connectivity index (χ1n) is 6.11. The van der Waals surface area contributed by atoms with Crippen LogP contribution in [-0.4, -0.2) is 29.1 Å². The van der Waals surface area contributed by atoms with Crippen molar-refractivity contribution in [3.05, 3.63) is 40.6 Å². The summed E-state index contributed by atoms with van der Waals surface area (Å²) in [6.45, 7) is 1.62. The number of aromatic nitrogens is 1. The van der Waals surface area contributed by atoms with Crippen LogP contribution in [0.3, 0.4) is 0 Å². The number of carboxylic acids is 1. The molecule has 0 atom stereocenters. The highest BCUT2D eigenvalue weighted by molar-refractivity contribution is 6.31. The van der Waals surface area contributed by atoms with Crippen molar-refractivity contribution in [2.45, 2.75) is 6.42 Å². The zero-order chi connectivity index (χ0) is 13.4. The highest BCUT2D eigenvalue weighted by Gasteiger charge is 2.21. The fourth-order valence-electron chi connectivity index (χ4n) is 2.51. The summed E-state index contributed by atoms with van der Waals surface area (Å²) in [5, 5.41) is 14.1. The van der Waals surface area contributed by atoms with Crippen molar-refractivity contribution < 1.29 is 9.90 Å². The molecule has 4 nitrogen and oxygen atoms in total. The van der Waals surface area contributed by atoms with Crippen LogP contribution in [0.4, 0.5) is 0 Å². The summed E-state index contributed by atoms with van der Waals surface area (Å²) in [6.07, 6.45) is 2.86. The predicted molar refractivity (Wildman–Crippen MR) is 75.7 cm³/mol. The number of aromatic carboxylic acids is 1. The van der Waals surface area contributed by atoms with Crippen LogP contribution in [0.1, 0.15) is 22.5 Å². The van der Waals surface area contributed by atoms with Gasteiger partial charge in [0.05, 0.1) is 0 Å². The van der Waals surface area contributed by atoms with E-state index in [1.165, 1.54) is 0 Å². The molecule has 98 valence electrons. The minimum atomic E-state index is -0.943. The van der Waals surface area contributed by atoms with Crippen LogP contribution in [0.15, 0.2) is 24.3 Å². The molecule has 1 aliphatic heterocycles. The van der Waals surface area contributed by atoms with Crippen molar-refractivity contribution in [1.82, 2.24) is 10.3 Å². The molecule has 2 aromatic rings. The van der Waals surface area contributed by atoms with Crippen molar-refractivity contribution in [1.29, 1.82) is 0 Å². The molecule has 3 rings (SSSR count). The average Bonchev–Trinajstić information content (AvgIpc) is 2.78. The lowest BCUT2D eigenvalue weighted by molar-refractivity contribution is 0.0691. The van der Waals surface area contributed by atoms with Crippen LogP contribution in [0.2, 0.25) is 5.02 Å². The quantitative estimate of drug-likeness (QED) is 0.790. The Hall–Kier alpha value is -1.78. The number of hydrogen-bond acceptors (Lipinski definition) is 2. The predicted octanol–water partition coefficient (Wildman–Crippen LogP) is 2.90. The molecule has 0 unspecified atom stereocenters. The van der Waals surface area contributed by atoms with Crippen LogP contribution in [0, 0.1) is 0 Å². The molecule has 0 saturated carbocycles. The summed E-state index contributed by atoms with van der Waals surface area (Å²) in [6, 6.07) is 5.39. The maximum absolute atomic E-state index is 11.4. The Kier molecular flexibility index (Phi) is 3.05. The van der Waals surface area contributed by atoms with Crippen molar-refractivity contribution in [2.24, 2.45) is 0 Å². The van der Waals surface area contributed by atoms with E-state index >= 15 is 0 Å². The molecule has 5 heteroatoms. The summed E-state index contributed by atoms with van der Waals surface area (Å²) in [5.74, 6) is -0.943. The van der Waals surface area contributed by atoms with E-state index in [1.807, 2.05) is 18.2 Å². The van der Waals surface area contributed by atoms with E-state index in [1.54, 1.807) is 6.07 Å². The number of rotatable bonds is 2. The van der Waals surface area contributed by atoms with Gasteiger partial charge in [-0.1, -0.05) is 17.7 Å². The SMILES string of the molecule is O=C(O)c1[nH]c2ccc(Cl)cc2c1C1=CCNCC1. The van der Waals surface area contributed by atoms with Gasteiger partial charge in [0, 0.05) is 28.0 Å². The largest absolute Gasteiger partial charge is 0.477 e. The number of fused-ring (bicyclic) bond motifs is 1. The Morgan fingerprint density at radius 3 is 2.89 bits per heavy atom. The van der Waals surface area contributed by atoms with Gasteiger partial charge in [-0.3, -0.25) is 0 Å². The minimum Gasteiger partial charge on any atom is -0.477 e. The highest BCUT2D eigenvalue weighted by atomic mass is 35.5.